The predicted molar refractivity (Wildman–Crippen MR) is 67.2 cm³/mol. The van der Waals surface area contributed by atoms with Crippen molar-refractivity contribution in [3.8, 4) is 11.3 Å². The van der Waals surface area contributed by atoms with Gasteiger partial charge in [-0.15, -0.1) is 0 Å². The molecule has 3 nitrogen and oxygen atoms in total. The van der Waals surface area contributed by atoms with Crippen molar-refractivity contribution in [3.63, 3.8) is 0 Å². The molecule has 0 aliphatic carbocycles. The first kappa shape index (κ1) is 10.7. The number of aryl methyl sites for hydroxylation is 3. The van der Waals surface area contributed by atoms with Crippen molar-refractivity contribution in [2.24, 2.45) is 0 Å². The van der Waals surface area contributed by atoms with Crippen LogP contribution in [0.5, 0.6) is 0 Å². The highest BCUT2D eigenvalue weighted by atomic mass is 15.3. The fourth-order valence-electron chi connectivity index (χ4n) is 1.80. The molecule has 0 aliphatic rings. The number of benzene rings is 1. The zero-order valence-corrected chi connectivity index (χ0v) is 9.99. The first-order chi connectivity index (χ1) is 7.61. The molecule has 16 heavy (non-hydrogen) atoms. The van der Waals surface area contributed by atoms with Crippen LogP contribution in [0.3, 0.4) is 0 Å². The van der Waals surface area contributed by atoms with E-state index in [1.54, 1.807) is 0 Å². The fourth-order valence-corrected chi connectivity index (χ4v) is 1.80. The van der Waals surface area contributed by atoms with Gasteiger partial charge in [0.05, 0.1) is 5.69 Å². The Morgan fingerprint density at radius 1 is 1.31 bits per heavy atom. The van der Waals surface area contributed by atoms with Gasteiger partial charge >= 0.3 is 0 Å². The lowest BCUT2D eigenvalue weighted by atomic mass is 10.0. The Morgan fingerprint density at radius 2 is 2.06 bits per heavy atom. The molecule has 84 valence electrons. The standard InChI is InChI=1S/C13H17N3/c1-4-16-8-12(14)13(15-16)11-7-9(2)5-6-10(11)3/h5-8H,4,14H2,1-3H3. The number of nitrogens with two attached hydrogens (primary N) is 1. The van der Waals surface area contributed by atoms with Gasteiger partial charge in [-0.05, 0) is 32.4 Å². The fraction of sp³-hybridized carbons (Fsp3) is 0.308. The van der Waals surface area contributed by atoms with Crippen LogP contribution in [0, 0.1) is 13.8 Å². The van der Waals surface area contributed by atoms with E-state index in [1.165, 1.54) is 11.1 Å². The van der Waals surface area contributed by atoms with Gasteiger partial charge in [0, 0.05) is 18.3 Å². The van der Waals surface area contributed by atoms with Crippen molar-refractivity contribution in [3.05, 3.63) is 35.5 Å². The van der Waals surface area contributed by atoms with E-state index in [0.717, 1.165) is 23.5 Å². The van der Waals surface area contributed by atoms with E-state index in [2.05, 4.69) is 44.1 Å². The van der Waals surface area contributed by atoms with Crippen molar-refractivity contribution in [2.45, 2.75) is 27.3 Å². The third kappa shape index (κ3) is 1.81. The quantitative estimate of drug-likeness (QED) is 0.837. The second kappa shape index (κ2) is 4.00. The van der Waals surface area contributed by atoms with Crippen molar-refractivity contribution in [2.75, 3.05) is 5.73 Å². The Kier molecular flexibility index (Phi) is 2.69. The number of hydrogen-bond donors (Lipinski definition) is 1. The van der Waals surface area contributed by atoms with E-state index >= 15 is 0 Å². The molecule has 0 amide bonds. The summed E-state index contributed by atoms with van der Waals surface area (Å²) in [4.78, 5) is 0. The lowest BCUT2D eigenvalue weighted by molar-refractivity contribution is 0.662. The first-order valence-electron chi connectivity index (χ1n) is 5.52. The van der Waals surface area contributed by atoms with Crippen LogP contribution in [-0.4, -0.2) is 9.78 Å². The van der Waals surface area contributed by atoms with Crippen LogP contribution >= 0.6 is 0 Å². The van der Waals surface area contributed by atoms with Gasteiger partial charge in [0.15, 0.2) is 0 Å². The van der Waals surface area contributed by atoms with E-state index < -0.39 is 0 Å². The summed E-state index contributed by atoms with van der Waals surface area (Å²) in [5.74, 6) is 0. The normalized spacial score (nSPS) is 10.7. The third-order valence-electron chi connectivity index (χ3n) is 2.76. The van der Waals surface area contributed by atoms with Crippen LogP contribution in [0.2, 0.25) is 0 Å². The Bertz CT molecular complexity index is 512. The minimum Gasteiger partial charge on any atom is -0.396 e. The molecule has 2 rings (SSSR count). The molecule has 2 aromatic rings. The summed E-state index contributed by atoms with van der Waals surface area (Å²) >= 11 is 0. The molecular weight excluding hydrogens is 198 g/mol. The van der Waals surface area contributed by atoms with E-state index in [0.29, 0.717) is 0 Å². The van der Waals surface area contributed by atoms with Gasteiger partial charge in [-0.3, -0.25) is 4.68 Å². The van der Waals surface area contributed by atoms with E-state index in [1.807, 2.05) is 10.9 Å². The molecule has 2 N–H and O–H groups in total. The molecule has 0 atom stereocenters. The van der Waals surface area contributed by atoms with Crippen LogP contribution in [0.1, 0.15) is 18.1 Å². The highest BCUT2D eigenvalue weighted by molar-refractivity contribution is 5.74. The molecule has 0 unspecified atom stereocenters. The molecule has 0 saturated carbocycles. The van der Waals surface area contributed by atoms with E-state index in [9.17, 15) is 0 Å². The third-order valence-corrected chi connectivity index (χ3v) is 2.76. The van der Waals surface area contributed by atoms with Gasteiger partial charge in [-0.2, -0.15) is 5.10 Å². The second-order valence-corrected chi connectivity index (χ2v) is 4.11. The number of nitrogen functional groups attached to an aromatic ring is 1. The van der Waals surface area contributed by atoms with E-state index in [-0.39, 0.29) is 0 Å². The summed E-state index contributed by atoms with van der Waals surface area (Å²) in [6, 6.07) is 6.34. The second-order valence-electron chi connectivity index (χ2n) is 4.11. The lowest BCUT2D eigenvalue weighted by Gasteiger charge is -2.05. The summed E-state index contributed by atoms with van der Waals surface area (Å²) < 4.78 is 1.87. The van der Waals surface area contributed by atoms with Gasteiger partial charge in [0.25, 0.3) is 0 Å². The molecule has 1 aromatic heterocycles. The largest absolute Gasteiger partial charge is 0.396 e. The molecule has 1 aromatic carbocycles. The van der Waals surface area contributed by atoms with Crippen LogP contribution in [0.4, 0.5) is 5.69 Å². The van der Waals surface area contributed by atoms with Gasteiger partial charge < -0.3 is 5.73 Å². The number of anilines is 1. The molecule has 3 heteroatoms. The molecular formula is C13H17N3. The van der Waals surface area contributed by atoms with Crippen molar-refractivity contribution in [1.82, 2.24) is 9.78 Å². The topological polar surface area (TPSA) is 43.8 Å². The monoisotopic (exact) mass is 215 g/mol. The smallest absolute Gasteiger partial charge is 0.115 e. The maximum absolute atomic E-state index is 5.98. The SMILES string of the molecule is CCn1cc(N)c(-c2cc(C)ccc2C)n1. The molecule has 1 heterocycles. The van der Waals surface area contributed by atoms with Crippen molar-refractivity contribution < 1.29 is 0 Å². The lowest BCUT2D eigenvalue weighted by Crippen LogP contribution is -1.94. The maximum atomic E-state index is 5.98. The zero-order chi connectivity index (χ0) is 11.7. The maximum Gasteiger partial charge on any atom is 0.115 e. The molecule has 0 aliphatic heterocycles. The summed E-state index contributed by atoms with van der Waals surface area (Å²) in [5, 5.41) is 4.49. The number of aromatic nitrogens is 2. The van der Waals surface area contributed by atoms with Gasteiger partial charge in [-0.25, -0.2) is 0 Å². The average molecular weight is 215 g/mol. The predicted octanol–water partition coefficient (Wildman–Crippen LogP) is 2.77. The van der Waals surface area contributed by atoms with Crippen LogP contribution in [-0.2, 0) is 6.54 Å². The number of hydrogen-bond acceptors (Lipinski definition) is 2. The van der Waals surface area contributed by atoms with Crippen LogP contribution < -0.4 is 5.73 Å². The van der Waals surface area contributed by atoms with Crippen LogP contribution in [0.15, 0.2) is 24.4 Å². The highest BCUT2D eigenvalue weighted by Crippen LogP contribution is 2.27. The summed E-state index contributed by atoms with van der Waals surface area (Å²) in [7, 11) is 0. The van der Waals surface area contributed by atoms with Crippen molar-refractivity contribution >= 4 is 5.69 Å². The first-order valence-corrected chi connectivity index (χ1v) is 5.52. The average Bonchev–Trinajstić information content (AvgIpc) is 2.63. The molecule has 0 fully saturated rings. The minimum absolute atomic E-state index is 0.746. The Labute approximate surface area is 95.9 Å². The minimum atomic E-state index is 0.746. The van der Waals surface area contributed by atoms with Crippen LogP contribution in [0.25, 0.3) is 11.3 Å². The van der Waals surface area contributed by atoms with E-state index in [4.69, 9.17) is 5.73 Å². The summed E-state index contributed by atoms with van der Waals surface area (Å²) in [6.45, 7) is 7.06. The zero-order valence-electron chi connectivity index (χ0n) is 9.99. The summed E-state index contributed by atoms with van der Waals surface area (Å²) in [5.41, 5.74) is 11.2. The Balaban J connectivity index is 2.57. The Morgan fingerprint density at radius 3 is 2.69 bits per heavy atom. The number of rotatable bonds is 2. The molecule has 0 spiro atoms. The highest BCUT2D eigenvalue weighted by Gasteiger charge is 2.10. The molecule has 0 saturated heterocycles. The summed E-state index contributed by atoms with van der Waals surface area (Å²) in [6.07, 6.45) is 1.89. The van der Waals surface area contributed by atoms with Gasteiger partial charge in [0.1, 0.15) is 5.69 Å². The van der Waals surface area contributed by atoms with Crippen molar-refractivity contribution in [1.29, 1.82) is 0 Å². The van der Waals surface area contributed by atoms with Gasteiger partial charge in [-0.1, -0.05) is 17.7 Å². The molecule has 0 bridgehead atoms. The Hall–Kier alpha value is -1.77. The van der Waals surface area contributed by atoms with Gasteiger partial charge in [0.2, 0.25) is 0 Å². The number of nitrogens with zero attached hydrogens (tertiary/aromatic N) is 2. The molecule has 0 radical (unpaired) electrons.